The first-order valence-electron chi connectivity index (χ1n) is 5.93. The number of hydrogen-bond donors (Lipinski definition) is 1. The van der Waals surface area contributed by atoms with Crippen LogP contribution in [0.25, 0.3) is 0 Å². The van der Waals surface area contributed by atoms with Crippen molar-refractivity contribution in [1.82, 2.24) is 5.32 Å². The zero-order chi connectivity index (χ0) is 12.8. The molecular formula is C14H16BrNOS. The quantitative estimate of drug-likeness (QED) is 0.859. The molecular weight excluding hydrogens is 310 g/mol. The Labute approximate surface area is 120 Å². The summed E-state index contributed by atoms with van der Waals surface area (Å²) < 4.78 is 6.94. The number of halogens is 1. The van der Waals surface area contributed by atoms with E-state index in [2.05, 4.69) is 51.1 Å². The number of thiophene rings is 1. The van der Waals surface area contributed by atoms with E-state index in [0.717, 1.165) is 23.3 Å². The van der Waals surface area contributed by atoms with Gasteiger partial charge in [0.15, 0.2) is 0 Å². The van der Waals surface area contributed by atoms with Crippen LogP contribution in [-0.2, 0) is 13.2 Å². The lowest BCUT2D eigenvalue weighted by atomic mass is 10.2. The molecule has 18 heavy (non-hydrogen) atoms. The minimum absolute atomic E-state index is 0.616. The van der Waals surface area contributed by atoms with Crippen molar-refractivity contribution in [3.63, 3.8) is 0 Å². The summed E-state index contributed by atoms with van der Waals surface area (Å²) in [5.74, 6) is 0.935. The zero-order valence-electron chi connectivity index (χ0n) is 10.3. The lowest BCUT2D eigenvalue weighted by Gasteiger charge is -2.13. The van der Waals surface area contributed by atoms with E-state index in [0.29, 0.717) is 6.61 Å². The summed E-state index contributed by atoms with van der Waals surface area (Å²) >= 11 is 5.25. The molecule has 0 amide bonds. The molecule has 1 N–H and O–H groups in total. The standard InChI is InChI=1S/C14H16BrNOS/c1-2-16-8-12-4-3-5-13(15)14(12)17-9-11-6-7-18-10-11/h3-7,10,16H,2,8-9H2,1H3. The van der Waals surface area contributed by atoms with Gasteiger partial charge in [-0.1, -0.05) is 19.1 Å². The summed E-state index contributed by atoms with van der Waals surface area (Å²) in [5.41, 5.74) is 2.40. The summed E-state index contributed by atoms with van der Waals surface area (Å²) in [7, 11) is 0. The van der Waals surface area contributed by atoms with Crippen LogP contribution in [-0.4, -0.2) is 6.54 Å². The molecule has 2 rings (SSSR count). The van der Waals surface area contributed by atoms with Gasteiger partial charge in [-0.2, -0.15) is 11.3 Å². The molecule has 1 aromatic heterocycles. The highest BCUT2D eigenvalue weighted by Gasteiger charge is 2.08. The van der Waals surface area contributed by atoms with Gasteiger partial charge in [0.25, 0.3) is 0 Å². The molecule has 0 aliphatic carbocycles. The number of hydrogen-bond acceptors (Lipinski definition) is 3. The first kappa shape index (κ1) is 13.6. The Bertz CT molecular complexity index is 485. The van der Waals surface area contributed by atoms with Crippen LogP contribution in [0.5, 0.6) is 5.75 Å². The molecule has 0 fully saturated rings. The van der Waals surface area contributed by atoms with Crippen molar-refractivity contribution in [2.24, 2.45) is 0 Å². The van der Waals surface area contributed by atoms with Crippen molar-refractivity contribution in [3.8, 4) is 5.75 Å². The van der Waals surface area contributed by atoms with Gasteiger partial charge in [0.2, 0.25) is 0 Å². The molecule has 1 aromatic carbocycles. The molecule has 0 spiro atoms. The first-order valence-corrected chi connectivity index (χ1v) is 7.67. The van der Waals surface area contributed by atoms with Gasteiger partial charge in [-0.3, -0.25) is 0 Å². The third-order valence-corrected chi connectivity index (χ3v) is 3.93. The highest BCUT2D eigenvalue weighted by atomic mass is 79.9. The van der Waals surface area contributed by atoms with Gasteiger partial charge >= 0.3 is 0 Å². The average Bonchev–Trinajstić information content (AvgIpc) is 2.88. The maximum atomic E-state index is 5.93. The smallest absolute Gasteiger partial charge is 0.138 e. The molecule has 0 radical (unpaired) electrons. The highest BCUT2D eigenvalue weighted by Crippen LogP contribution is 2.30. The van der Waals surface area contributed by atoms with Crippen LogP contribution in [0.4, 0.5) is 0 Å². The number of ether oxygens (including phenoxy) is 1. The third-order valence-electron chi connectivity index (χ3n) is 2.58. The zero-order valence-corrected chi connectivity index (χ0v) is 12.7. The van der Waals surface area contributed by atoms with Crippen LogP contribution < -0.4 is 10.1 Å². The van der Waals surface area contributed by atoms with Crippen molar-refractivity contribution in [2.75, 3.05) is 6.54 Å². The molecule has 96 valence electrons. The number of nitrogens with one attached hydrogen (secondary N) is 1. The maximum Gasteiger partial charge on any atom is 0.138 e. The Morgan fingerprint density at radius 1 is 1.33 bits per heavy atom. The second kappa shape index (κ2) is 6.92. The van der Waals surface area contributed by atoms with Crippen LogP contribution >= 0.6 is 27.3 Å². The van der Waals surface area contributed by atoms with Crippen molar-refractivity contribution in [2.45, 2.75) is 20.1 Å². The Kier molecular flexibility index (Phi) is 5.23. The lowest BCUT2D eigenvalue weighted by molar-refractivity contribution is 0.300. The molecule has 0 saturated carbocycles. The predicted molar refractivity (Wildman–Crippen MR) is 80.2 cm³/mol. The van der Waals surface area contributed by atoms with Gasteiger partial charge in [-0.05, 0) is 50.9 Å². The Morgan fingerprint density at radius 2 is 2.22 bits per heavy atom. The van der Waals surface area contributed by atoms with Gasteiger partial charge in [0.1, 0.15) is 12.4 Å². The van der Waals surface area contributed by atoms with Crippen molar-refractivity contribution >= 4 is 27.3 Å². The SMILES string of the molecule is CCNCc1cccc(Br)c1OCc1ccsc1. The molecule has 2 nitrogen and oxygen atoms in total. The molecule has 0 atom stereocenters. The van der Waals surface area contributed by atoms with Gasteiger partial charge in [-0.15, -0.1) is 0 Å². The Balaban J connectivity index is 2.09. The second-order valence-electron chi connectivity index (χ2n) is 3.93. The molecule has 0 aliphatic heterocycles. The average molecular weight is 326 g/mol. The minimum Gasteiger partial charge on any atom is -0.487 e. The monoisotopic (exact) mass is 325 g/mol. The summed E-state index contributed by atoms with van der Waals surface area (Å²) in [5, 5.41) is 7.51. The third kappa shape index (κ3) is 3.57. The van der Waals surface area contributed by atoms with E-state index in [1.807, 2.05) is 12.1 Å². The molecule has 2 aromatic rings. The number of rotatable bonds is 6. The maximum absolute atomic E-state index is 5.93. The minimum atomic E-state index is 0.616. The summed E-state index contributed by atoms with van der Waals surface area (Å²) in [6.45, 7) is 4.50. The van der Waals surface area contributed by atoms with Crippen LogP contribution in [0.1, 0.15) is 18.1 Å². The van der Waals surface area contributed by atoms with Crippen LogP contribution in [0.15, 0.2) is 39.5 Å². The lowest BCUT2D eigenvalue weighted by Crippen LogP contribution is -2.13. The van der Waals surface area contributed by atoms with E-state index < -0.39 is 0 Å². The largest absolute Gasteiger partial charge is 0.487 e. The van der Waals surface area contributed by atoms with Crippen molar-refractivity contribution < 1.29 is 4.74 Å². The molecule has 4 heteroatoms. The van der Waals surface area contributed by atoms with Gasteiger partial charge in [0, 0.05) is 12.1 Å². The molecule has 0 unspecified atom stereocenters. The van der Waals surface area contributed by atoms with E-state index in [1.165, 1.54) is 11.1 Å². The fourth-order valence-electron chi connectivity index (χ4n) is 1.64. The van der Waals surface area contributed by atoms with Gasteiger partial charge in [-0.25, -0.2) is 0 Å². The summed E-state index contributed by atoms with van der Waals surface area (Å²) in [6.07, 6.45) is 0. The van der Waals surface area contributed by atoms with E-state index in [4.69, 9.17) is 4.74 Å². The first-order chi connectivity index (χ1) is 8.81. The molecule has 0 saturated heterocycles. The topological polar surface area (TPSA) is 21.3 Å². The van der Waals surface area contributed by atoms with Crippen LogP contribution in [0.2, 0.25) is 0 Å². The van der Waals surface area contributed by atoms with Gasteiger partial charge in [0.05, 0.1) is 4.47 Å². The van der Waals surface area contributed by atoms with Crippen LogP contribution in [0, 0.1) is 0 Å². The summed E-state index contributed by atoms with van der Waals surface area (Å²) in [6, 6.07) is 8.23. The van der Waals surface area contributed by atoms with Crippen LogP contribution in [0.3, 0.4) is 0 Å². The van der Waals surface area contributed by atoms with E-state index >= 15 is 0 Å². The predicted octanol–water partition coefficient (Wildman–Crippen LogP) is 4.20. The van der Waals surface area contributed by atoms with E-state index in [-0.39, 0.29) is 0 Å². The second-order valence-corrected chi connectivity index (χ2v) is 5.56. The highest BCUT2D eigenvalue weighted by molar-refractivity contribution is 9.10. The van der Waals surface area contributed by atoms with Crippen molar-refractivity contribution in [1.29, 1.82) is 0 Å². The Morgan fingerprint density at radius 3 is 2.94 bits per heavy atom. The fraction of sp³-hybridized carbons (Fsp3) is 0.286. The van der Waals surface area contributed by atoms with E-state index in [1.54, 1.807) is 11.3 Å². The molecule has 1 heterocycles. The van der Waals surface area contributed by atoms with Gasteiger partial charge < -0.3 is 10.1 Å². The fourth-order valence-corrected chi connectivity index (χ4v) is 2.82. The normalized spacial score (nSPS) is 10.6. The number of benzene rings is 1. The summed E-state index contributed by atoms with van der Waals surface area (Å²) in [4.78, 5) is 0. The molecule has 0 bridgehead atoms. The molecule has 0 aliphatic rings. The van der Waals surface area contributed by atoms with E-state index in [9.17, 15) is 0 Å². The number of para-hydroxylation sites is 1. The Hall–Kier alpha value is -0.840. The van der Waals surface area contributed by atoms with Crippen molar-refractivity contribution in [3.05, 3.63) is 50.6 Å².